The van der Waals surface area contributed by atoms with Gasteiger partial charge in [0.2, 0.25) is 5.91 Å². The van der Waals surface area contributed by atoms with Crippen LogP contribution in [0.4, 0.5) is 9.39 Å². The third-order valence-corrected chi connectivity index (χ3v) is 7.45. The van der Waals surface area contributed by atoms with Crippen LogP contribution in [0.3, 0.4) is 0 Å². The SMILES string of the molecule is COC(=O)c1c(-c2ccc(F)cc2)csc1NC(=O)CSc1nnc(COc2ccc(C)cc2C)n1C. The highest BCUT2D eigenvalue weighted by molar-refractivity contribution is 7.99. The smallest absolute Gasteiger partial charge is 0.341 e. The summed E-state index contributed by atoms with van der Waals surface area (Å²) in [5, 5.41) is 13.8. The minimum Gasteiger partial charge on any atom is -0.485 e. The van der Waals surface area contributed by atoms with Crippen LogP contribution in [0.15, 0.2) is 53.0 Å². The number of thiophene rings is 1. The number of aryl methyl sites for hydroxylation is 2. The number of ether oxygens (including phenoxy) is 2. The standard InChI is InChI=1S/C26H25FN4O4S2/c1-15-5-10-20(16(2)11-15)35-12-21-29-30-26(31(21)3)37-14-22(32)28-24-23(25(33)34-4)19(13-36-24)17-6-8-18(27)9-7-17/h5-11,13H,12,14H2,1-4H3,(H,28,32). The Balaban J connectivity index is 1.40. The molecule has 2 aromatic carbocycles. The van der Waals surface area contributed by atoms with Crippen molar-refractivity contribution in [1.82, 2.24) is 14.8 Å². The molecule has 0 spiro atoms. The van der Waals surface area contributed by atoms with E-state index in [0.717, 1.165) is 16.9 Å². The van der Waals surface area contributed by atoms with Crippen molar-refractivity contribution in [3.8, 4) is 16.9 Å². The maximum Gasteiger partial charge on any atom is 0.341 e. The van der Waals surface area contributed by atoms with Gasteiger partial charge in [-0.25, -0.2) is 9.18 Å². The Morgan fingerprint density at radius 1 is 1.14 bits per heavy atom. The van der Waals surface area contributed by atoms with Crippen LogP contribution in [0.2, 0.25) is 0 Å². The molecule has 4 rings (SSSR count). The second-order valence-electron chi connectivity index (χ2n) is 8.20. The van der Waals surface area contributed by atoms with Gasteiger partial charge in [0.15, 0.2) is 11.0 Å². The molecule has 0 fully saturated rings. The molecule has 4 aromatic rings. The van der Waals surface area contributed by atoms with Crippen LogP contribution in [-0.2, 0) is 23.2 Å². The molecule has 192 valence electrons. The van der Waals surface area contributed by atoms with Gasteiger partial charge < -0.3 is 19.4 Å². The summed E-state index contributed by atoms with van der Waals surface area (Å²) in [6.07, 6.45) is 0. The maximum atomic E-state index is 13.3. The number of thioether (sulfide) groups is 1. The molecule has 0 aliphatic rings. The quantitative estimate of drug-likeness (QED) is 0.224. The van der Waals surface area contributed by atoms with Crippen molar-refractivity contribution in [2.75, 3.05) is 18.2 Å². The Morgan fingerprint density at radius 3 is 2.59 bits per heavy atom. The Bertz CT molecular complexity index is 1430. The van der Waals surface area contributed by atoms with E-state index in [-0.39, 0.29) is 29.6 Å². The number of carbonyl (C=O) groups excluding carboxylic acids is 2. The van der Waals surface area contributed by atoms with Gasteiger partial charge >= 0.3 is 5.97 Å². The molecule has 8 nitrogen and oxygen atoms in total. The first-order chi connectivity index (χ1) is 17.8. The summed E-state index contributed by atoms with van der Waals surface area (Å²) >= 11 is 2.41. The summed E-state index contributed by atoms with van der Waals surface area (Å²) in [7, 11) is 3.08. The zero-order valence-electron chi connectivity index (χ0n) is 20.7. The maximum absolute atomic E-state index is 13.3. The van der Waals surface area contributed by atoms with Crippen LogP contribution in [0.5, 0.6) is 5.75 Å². The summed E-state index contributed by atoms with van der Waals surface area (Å²) in [6, 6.07) is 11.7. The minimum absolute atomic E-state index is 0.0499. The highest BCUT2D eigenvalue weighted by Gasteiger charge is 2.23. The Morgan fingerprint density at radius 2 is 1.89 bits per heavy atom. The second-order valence-corrected chi connectivity index (χ2v) is 10.0. The van der Waals surface area contributed by atoms with E-state index >= 15 is 0 Å². The van der Waals surface area contributed by atoms with Crippen LogP contribution in [-0.4, -0.2) is 39.5 Å². The fourth-order valence-electron chi connectivity index (χ4n) is 3.59. The molecular formula is C26H25FN4O4S2. The molecule has 11 heteroatoms. The summed E-state index contributed by atoms with van der Waals surface area (Å²) in [5.41, 5.74) is 3.62. The highest BCUT2D eigenvalue weighted by atomic mass is 32.2. The molecule has 0 saturated heterocycles. The molecule has 37 heavy (non-hydrogen) atoms. The summed E-state index contributed by atoms with van der Waals surface area (Å²) in [5.74, 6) is 0.156. The molecule has 0 aliphatic carbocycles. The lowest BCUT2D eigenvalue weighted by Gasteiger charge is -2.10. The number of hydrogen-bond acceptors (Lipinski definition) is 8. The van der Waals surface area contributed by atoms with Crippen molar-refractivity contribution < 1.29 is 23.5 Å². The van der Waals surface area contributed by atoms with E-state index in [0.29, 0.717) is 27.1 Å². The van der Waals surface area contributed by atoms with Gasteiger partial charge in [0, 0.05) is 18.0 Å². The van der Waals surface area contributed by atoms with Gasteiger partial charge in [-0.15, -0.1) is 21.5 Å². The van der Waals surface area contributed by atoms with Gasteiger partial charge in [0.25, 0.3) is 0 Å². The zero-order chi connectivity index (χ0) is 26.5. The van der Waals surface area contributed by atoms with E-state index in [1.54, 1.807) is 22.1 Å². The van der Waals surface area contributed by atoms with E-state index in [9.17, 15) is 14.0 Å². The first-order valence-electron chi connectivity index (χ1n) is 11.2. The van der Waals surface area contributed by atoms with Crippen molar-refractivity contribution >= 4 is 40.0 Å². The second kappa shape index (κ2) is 11.6. The van der Waals surface area contributed by atoms with Crippen molar-refractivity contribution in [2.24, 2.45) is 7.05 Å². The predicted molar refractivity (Wildman–Crippen MR) is 142 cm³/mol. The number of amides is 1. The minimum atomic E-state index is -0.592. The van der Waals surface area contributed by atoms with Crippen LogP contribution in [0, 0.1) is 19.7 Å². The number of nitrogens with zero attached hydrogens (tertiary/aromatic N) is 3. The highest BCUT2D eigenvalue weighted by Crippen LogP contribution is 2.36. The van der Waals surface area contributed by atoms with Gasteiger partial charge in [0.05, 0.1) is 12.9 Å². The first kappa shape index (κ1) is 26.4. The van der Waals surface area contributed by atoms with E-state index in [4.69, 9.17) is 9.47 Å². The molecular weight excluding hydrogens is 515 g/mol. The summed E-state index contributed by atoms with van der Waals surface area (Å²) in [4.78, 5) is 25.2. The van der Waals surface area contributed by atoms with Gasteiger partial charge in [-0.1, -0.05) is 41.6 Å². The number of nitrogens with one attached hydrogen (secondary N) is 1. The Labute approximate surface area is 221 Å². The topological polar surface area (TPSA) is 95.3 Å². The van der Waals surface area contributed by atoms with Gasteiger partial charge in [-0.05, 0) is 43.2 Å². The Kier molecular flexibility index (Phi) is 8.24. The third-order valence-electron chi connectivity index (χ3n) is 5.53. The van der Waals surface area contributed by atoms with Crippen LogP contribution < -0.4 is 10.1 Å². The lowest BCUT2D eigenvalue weighted by Crippen LogP contribution is -2.16. The molecule has 1 amide bonds. The molecule has 0 aliphatic heterocycles. The number of esters is 1. The fourth-order valence-corrected chi connectivity index (χ4v) is 5.29. The van der Waals surface area contributed by atoms with Crippen molar-refractivity contribution in [3.05, 3.63) is 76.2 Å². The molecule has 0 atom stereocenters. The number of benzene rings is 2. The van der Waals surface area contributed by atoms with Gasteiger partial charge in [-0.3, -0.25) is 4.79 Å². The summed E-state index contributed by atoms with van der Waals surface area (Å²) in [6.45, 7) is 4.25. The number of halogens is 1. The fraction of sp³-hybridized carbons (Fsp3) is 0.231. The number of carbonyl (C=O) groups is 2. The van der Waals surface area contributed by atoms with Crippen LogP contribution in [0.25, 0.3) is 11.1 Å². The molecule has 1 N–H and O–H groups in total. The van der Waals surface area contributed by atoms with Gasteiger partial charge in [0.1, 0.15) is 28.7 Å². The van der Waals surface area contributed by atoms with Crippen molar-refractivity contribution in [2.45, 2.75) is 25.6 Å². The number of methoxy groups -OCH3 is 1. The largest absolute Gasteiger partial charge is 0.485 e. The number of rotatable bonds is 9. The molecule has 2 heterocycles. The van der Waals surface area contributed by atoms with Gasteiger partial charge in [-0.2, -0.15) is 0 Å². The molecule has 0 radical (unpaired) electrons. The summed E-state index contributed by atoms with van der Waals surface area (Å²) < 4.78 is 25.9. The molecule has 2 aromatic heterocycles. The van der Waals surface area contributed by atoms with E-state index in [1.165, 1.54) is 42.3 Å². The van der Waals surface area contributed by atoms with Crippen LogP contribution in [0.1, 0.15) is 27.3 Å². The first-order valence-corrected chi connectivity index (χ1v) is 13.1. The number of hydrogen-bond donors (Lipinski definition) is 1. The average Bonchev–Trinajstić information content (AvgIpc) is 3.45. The normalized spacial score (nSPS) is 10.8. The van der Waals surface area contributed by atoms with Crippen molar-refractivity contribution in [3.63, 3.8) is 0 Å². The number of anilines is 1. The lowest BCUT2D eigenvalue weighted by molar-refractivity contribution is -0.113. The number of aromatic nitrogens is 3. The zero-order valence-corrected chi connectivity index (χ0v) is 22.3. The van der Waals surface area contributed by atoms with Crippen molar-refractivity contribution in [1.29, 1.82) is 0 Å². The van der Waals surface area contributed by atoms with E-state index in [1.807, 2.05) is 39.1 Å². The molecule has 0 saturated carbocycles. The molecule has 0 bridgehead atoms. The third kappa shape index (κ3) is 6.17. The monoisotopic (exact) mass is 540 g/mol. The van der Waals surface area contributed by atoms with E-state index < -0.39 is 5.97 Å². The van der Waals surface area contributed by atoms with E-state index in [2.05, 4.69) is 15.5 Å². The average molecular weight is 541 g/mol. The van der Waals surface area contributed by atoms with Crippen LogP contribution >= 0.6 is 23.1 Å². The predicted octanol–water partition coefficient (Wildman–Crippen LogP) is 5.40. The lowest BCUT2D eigenvalue weighted by atomic mass is 10.0. The Hall–Kier alpha value is -3.70. The molecule has 0 unspecified atom stereocenters.